The van der Waals surface area contributed by atoms with E-state index in [-0.39, 0.29) is 5.75 Å². The Morgan fingerprint density at radius 3 is 2.62 bits per heavy atom. The zero-order valence-corrected chi connectivity index (χ0v) is 16.4. The Morgan fingerprint density at radius 1 is 1.17 bits per heavy atom. The van der Waals surface area contributed by atoms with Crippen LogP contribution in [0.4, 0.5) is 0 Å². The first-order valence-electron chi connectivity index (χ1n) is 9.46. The Hall–Kier alpha value is -0.820. The molecule has 0 heterocycles. The quantitative estimate of drug-likeness (QED) is 0.316. The van der Waals surface area contributed by atoms with Crippen molar-refractivity contribution >= 4 is 16.0 Å². The predicted molar refractivity (Wildman–Crippen MR) is 102 cm³/mol. The van der Waals surface area contributed by atoms with Crippen molar-refractivity contribution in [2.45, 2.75) is 59.3 Å². The largest absolute Gasteiger partial charge is 0.357 e. The molecule has 0 aliphatic heterocycles. The molecule has 0 bridgehead atoms. The van der Waals surface area contributed by atoms with E-state index in [4.69, 9.17) is 0 Å². The van der Waals surface area contributed by atoms with Crippen molar-refractivity contribution in [1.82, 2.24) is 15.4 Å². The van der Waals surface area contributed by atoms with E-state index in [1.54, 1.807) is 6.92 Å². The number of hydrogen-bond acceptors (Lipinski definition) is 3. The zero-order valence-electron chi connectivity index (χ0n) is 15.6. The van der Waals surface area contributed by atoms with E-state index in [1.807, 2.05) is 0 Å². The second-order valence-electron chi connectivity index (χ2n) is 6.77. The van der Waals surface area contributed by atoms with Gasteiger partial charge in [0.1, 0.15) is 0 Å². The van der Waals surface area contributed by atoms with Gasteiger partial charge in [0, 0.05) is 26.2 Å². The smallest absolute Gasteiger partial charge is 0.211 e. The van der Waals surface area contributed by atoms with E-state index in [0.29, 0.717) is 19.5 Å². The molecule has 6 nitrogen and oxygen atoms in total. The maximum absolute atomic E-state index is 11.3. The molecule has 1 fully saturated rings. The molecule has 0 aromatic rings. The summed E-state index contributed by atoms with van der Waals surface area (Å²) in [5.74, 6) is 2.67. The standard InChI is InChI=1S/C17H36N4O2S/c1-4-18-17(19-11-7-12-21-24(22,23)5-2)20-13-10-16-9-6-8-15(3)14-16/h15-16,21H,4-14H2,1-3H3,(H2,18,19,20). The molecule has 0 aromatic carbocycles. The lowest BCUT2D eigenvalue weighted by molar-refractivity contribution is 0.270. The van der Waals surface area contributed by atoms with Gasteiger partial charge in [0.2, 0.25) is 10.0 Å². The van der Waals surface area contributed by atoms with Gasteiger partial charge in [-0.1, -0.05) is 26.2 Å². The van der Waals surface area contributed by atoms with Gasteiger partial charge in [0.15, 0.2) is 5.96 Å². The third-order valence-corrected chi connectivity index (χ3v) is 5.95. The third kappa shape index (κ3) is 9.47. The molecule has 0 saturated heterocycles. The normalized spacial score (nSPS) is 22.4. The monoisotopic (exact) mass is 360 g/mol. The first-order valence-corrected chi connectivity index (χ1v) is 11.1. The molecule has 1 aliphatic rings. The molecule has 1 rings (SSSR count). The topological polar surface area (TPSA) is 82.6 Å². The lowest BCUT2D eigenvalue weighted by Crippen LogP contribution is -2.38. The highest BCUT2D eigenvalue weighted by Gasteiger charge is 2.18. The molecule has 1 aliphatic carbocycles. The van der Waals surface area contributed by atoms with Gasteiger partial charge < -0.3 is 10.6 Å². The van der Waals surface area contributed by atoms with Crippen LogP contribution in [0.5, 0.6) is 0 Å². The minimum atomic E-state index is -3.09. The number of guanidine groups is 1. The molecule has 2 unspecified atom stereocenters. The third-order valence-electron chi connectivity index (χ3n) is 4.54. The average Bonchev–Trinajstić information content (AvgIpc) is 2.54. The van der Waals surface area contributed by atoms with Gasteiger partial charge in [0.05, 0.1) is 5.75 Å². The minimum absolute atomic E-state index is 0.125. The van der Waals surface area contributed by atoms with E-state index < -0.39 is 10.0 Å². The van der Waals surface area contributed by atoms with Gasteiger partial charge in [0.25, 0.3) is 0 Å². The van der Waals surface area contributed by atoms with Crippen molar-refractivity contribution < 1.29 is 8.42 Å². The van der Waals surface area contributed by atoms with Crippen LogP contribution in [0.15, 0.2) is 4.99 Å². The van der Waals surface area contributed by atoms with Crippen LogP contribution in [0.25, 0.3) is 0 Å². The second kappa shape index (κ2) is 11.7. The molecule has 24 heavy (non-hydrogen) atoms. The van der Waals surface area contributed by atoms with Crippen LogP contribution < -0.4 is 15.4 Å². The first-order chi connectivity index (χ1) is 11.5. The number of aliphatic imine (C=N–C) groups is 1. The Kier molecular flexibility index (Phi) is 10.3. The molecular formula is C17H36N4O2S. The van der Waals surface area contributed by atoms with Crippen molar-refractivity contribution in [3.63, 3.8) is 0 Å². The molecule has 0 aromatic heterocycles. The number of hydrogen-bond donors (Lipinski definition) is 3. The summed E-state index contributed by atoms with van der Waals surface area (Å²) in [6.07, 6.45) is 7.37. The zero-order chi connectivity index (χ0) is 17.8. The summed E-state index contributed by atoms with van der Waals surface area (Å²) in [5.41, 5.74) is 0. The van der Waals surface area contributed by atoms with Crippen molar-refractivity contribution in [1.29, 1.82) is 0 Å². The Labute approximate surface area is 148 Å². The van der Waals surface area contributed by atoms with Gasteiger partial charge in [-0.2, -0.15) is 0 Å². The van der Waals surface area contributed by atoms with Crippen LogP contribution >= 0.6 is 0 Å². The van der Waals surface area contributed by atoms with Crippen LogP contribution in [0.3, 0.4) is 0 Å². The second-order valence-corrected chi connectivity index (χ2v) is 8.86. The maximum Gasteiger partial charge on any atom is 0.211 e. The number of nitrogens with one attached hydrogen (secondary N) is 3. The van der Waals surface area contributed by atoms with Crippen molar-refractivity contribution in [3.8, 4) is 0 Å². The van der Waals surface area contributed by atoms with Crippen LogP contribution in [0.1, 0.15) is 59.3 Å². The fraction of sp³-hybridized carbons (Fsp3) is 0.941. The Balaban J connectivity index is 2.24. The highest BCUT2D eigenvalue weighted by Crippen LogP contribution is 2.30. The van der Waals surface area contributed by atoms with Gasteiger partial charge in [-0.05, 0) is 44.9 Å². The summed E-state index contributed by atoms with van der Waals surface area (Å²) in [7, 11) is -3.09. The van der Waals surface area contributed by atoms with E-state index in [0.717, 1.165) is 30.9 Å². The molecular weight excluding hydrogens is 324 g/mol. The lowest BCUT2D eigenvalue weighted by Gasteiger charge is -2.26. The Morgan fingerprint density at radius 2 is 1.96 bits per heavy atom. The first kappa shape index (κ1) is 21.2. The highest BCUT2D eigenvalue weighted by atomic mass is 32.2. The van der Waals surface area contributed by atoms with Crippen LogP contribution in [-0.4, -0.2) is 46.3 Å². The lowest BCUT2D eigenvalue weighted by atomic mass is 9.81. The summed E-state index contributed by atoms with van der Waals surface area (Å²) in [5, 5.41) is 6.65. The maximum atomic E-state index is 11.3. The summed E-state index contributed by atoms with van der Waals surface area (Å²) in [4.78, 5) is 4.52. The SMILES string of the molecule is CCNC(=NCCCNS(=O)(=O)CC)NCCC1CCCC(C)C1. The van der Waals surface area contributed by atoms with Gasteiger partial charge >= 0.3 is 0 Å². The average molecular weight is 361 g/mol. The van der Waals surface area contributed by atoms with Crippen LogP contribution in [0.2, 0.25) is 0 Å². The fourth-order valence-corrected chi connectivity index (χ4v) is 3.82. The summed E-state index contributed by atoms with van der Waals surface area (Å²) in [6.45, 7) is 8.88. The van der Waals surface area contributed by atoms with Gasteiger partial charge in [-0.15, -0.1) is 0 Å². The summed E-state index contributed by atoms with van der Waals surface area (Å²) >= 11 is 0. The van der Waals surface area contributed by atoms with Crippen molar-refractivity contribution in [2.75, 3.05) is 31.9 Å². The predicted octanol–water partition coefficient (Wildman–Crippen LogP) is 2.09. The number of nitrogens with zero attached hydrogens (tertiary/aromatic N) is 1. The summed E-state index contributed by atoms with van der Waals surface area (Å²) in [6, 6.07) is 0. The molecule has 0 spiro atoms. The van der Waals surface area contributed by atoms with Crippen LogP contribution in [-0.2, 0) is 10.0 Å². The van der Waals surface area contributed by atoms with Crippen molar-refractivity contribution in [2.24, 2.45) is 16.8 Å². The number of sulfonamides is 1. The van der Waals surface area contributed by atoms with Crippen molar-refractivity contribution in [3.05, 3.63) is 0 Å². The minimum Gasteiger partial charge on any atom is -0.357 e. The molecule has 142 valence electrons. The Bertz CT molecular complexity index is 465. The molecule has 0 amide bonds. The fourth-order valence-electron chi connectivity index (χ4n) is 3.16. The number of rotatable bonds is 10. The molecule has 3 N–H and O–H groups in total. The van der Waals surface area contributed by atoms with E-state index >= 15 is 0 Å². The highest BCUT2D eigenvalue weighted by molar-refractivity contribution is 7.89. The van der Waals surface area contributed by atoms with Gasteiger partial charge in [-0.25, -0.2) is 13.1 Å². The van der Waals surface area contributed by atoms with E-state index in [9.17, 15) is 8.42 Å². The molecule has 7 heteroatoms. The molecule has 2 atom stereocenters. The summed E-state index contributed by atoms with van der Waals surface area (Å²) < 4.78 is 25.3. The molecule has 0 radical (unpaired) electrons. The molecule has 1 saturated carbocycles. The van der Waals surface area contributed by atoms with Gasteiger partial charge in [-0.3, -0.25) is 4.99 Å². The van der Waals surface area contributed by atoms with E-state index in [1.165, 1.54) is 32.1 Å². The van der Waals surface area contributed by atoms with E-state index in [2.05, 4.69) is 34.2 Å². The van der Waals surface area contributed by atoms with Crippen LogP contribution in [0, 0.1) is 11.8 Å².